The standard InChI is InChI=1S/C18H34N4/c19-17(20-14-16-8-7-9-16)21-15-18(10-3-1-4-11-18)22-12-5-2-6-13-22/h16H,1-15H2,(H3,19,20,21). The predicted molar refractivity (Wildman–Crippen MR) is 93.1 cm³/mol. The van der Waals surface area contributed by atoms with Crippen molar-refractivity contribution in [3.8, 4) is 0 Å². The van der Waals surface area contributed by atoms with Crippen LogP contribution in [0, 0.1) is 5.92 Å². The lowest BCUT2D eigenvalue weighted by Crippen LogP contribution is -2.54. The fraction of sp³-hybridized carbons (Fsp3) is 0.944. The molecule has 3 fully saturated rings. The van der Waals surface area contributed by atoms with Crippen molar-refractivity contribution < 1.29 is 0 Å². The molecule has 1 heterocycles. The summed E-state index contributed by atoms with van der Waals surface area (Å²) in [6.45, 7) is 4.46. The number of piperidine rings is 1. The molecule has 4 heteroatoms. The van der Waals surface area contributed by atoms with E-state index in [1.807, 2.05) is 0 Å². The molecule has 0 atom stereocenters. The maximum absolute atomic E-state index is 6.13. The van der Waals surface area contributed by atoms with Gasteiger partial charge in [0.25, 0.3) is 0 Å². The van der Waals surface area contributed by atoms with Crippen molar-refractivity contribution in [1.29, 1.82) is 0 Å². The van der Waals surface area contributed by atoms with Gasteiger partial charge in [0.2, 0.25) is 0 Å². The minimum Gasteiger partial charge on any atom is -0.370 e. The fourth-order valence-corrected chi connectivity index (χ4v) is 4.39. The first-order chi connectivity index (χ1) is 10.8. The number of guanidine groups is 1. The molecule has 0 aromatic heterocycles. The van der Waals surface area contributed by atoms with Crippen molar-refractivity contribution in [2.75, 3.05) is 26.2 Å². The van der Waals surface area contributed by atoms with E-state index in [1.165, 1.54) is 83.7 Å². The minimum atomic E-state index is 0.307. The Morgan fingerprint density at radius 1 is 1.00 bits per heavy atom. The summed E-state index contributed by atoms with van der Waals surface area (Å²) in [5.74, 6) is 1.51. The molecule has 3 N–H and O–H groups in total. The summed E-state index contributed by atoms with van der Waals surface area (Å²) in [7, 11) is 0. The number of rotatable bonds is 5. The first-order valence-corrected chi connectivity index (χ1v) is 9.57. The Labute approximate surface area is 135 Å². The lowest BCUT2D eigenvalue weighted by Gasteiger charge is -2.47. The third-order valence-electron chi connectivity index (χ3n) is 6.15. The molecule has 0 spiro atoms. The van der Waals surface area contributed by atoms with E-state index in [0.29, 0.717) is 11.5 Å². The quantitative estimate of drug-likeness (QED) is 0.606. The van der Waals surface area contributed by atoms with Crippen molar-refractivity contribution in [2.24, 2.45) is 16.6 Å². The van der Waals surface area contributed by atoms with Crippen LogP contribution in [-0.2, 0) is 0 Å². The Bertz CT molecular complexity index is 363. The molecule has 0 unspecified atom stereocenters. The van der Waals surface area contributed by atoms with Gasteiger partial charge in [0, 0.05) is 12.1 Å². The molecule has 0 aromatic carbocycles. The van der Waals surface area contributed by atoms with Crippen molar-refractivity contribution in [1.82, 2.24) is 10.2 Å². The predicted octanol–water partition coefficient (Wildman–Crippen LogP) is 2.88. The SMILES string of the molecule is NC(=NCC1(N2CCCCC2)CCCCC1)NCC1CCC1. The van der Waals surface area contributed by atoms with Crippen LogP contribution < -0.4 is 11.1 Å². The number of aliphatic imine (C=N–C) groups is 1. The minimum absolute atomic E-state index is 0.307. The second kappa shape index (κ2) is 7.67. The summed E-state index contributed by atoms with van der Waals surface area (Å²) in [6, 6.07) is 0. The van der Waals surface area contributed by atoms with Crippen molar-refractivity contribution in [2.45, 2.75) is 76.2 Å². The Morgan fingerprint density at radius 3 is 2.32 bits per heavy atom. The molecule has 2 aliphatic carbocycles. The van der Waals surface area contributed by atoms with E-state index in [1.54, 1.807) is 0 Å². The molecule has 2 saturated carbocycles. The maximum atomic E-state index is 6.13. The van der Waals surface area contributed by atoms with Gasteiger partial charge in [0.15, 0.2) is 5.96 Å². The molecule has 0 aromatic rings. The summed E-state index contributed by atoms with van der Waals surface area (Å²) in [6.07, 6.45) is 15.0. The van der Waals surface area contributed by atoms with Gasteiger partial charge < -0.3 is 11.1 Å². The number of hydrogen-bond donors (Lipinski definition) is 2. The van der Waals surface area contributed by atoms with E-state index in [0.717, 1.165) is 19.0 Å². The molecule has 3 rings (SSSR count). The van der Waals surface area contributed by atoms with Gasteiger partial charge >= 0.3 is 0 Å². The average molecular weight is 306 g/mol. The highest BCUT2D eigenvalue weighted by Crippen LogP contribution is 2.35. The molecule has 0 radical (unpaired) electrons. The van der Waals surface area contributed by atoms with Crippen LogP contribution in [0.25, 0.3) is 0 Å². The molecular formula is C18H34N4. The Hall–Kier alpha value is -0.770. The molecule has 22 heavy (non-hydrogen) atoms. The topological polar surface area (TPSA) is 53.6 Å². The zero-order valence-corrected chi connectivity index (χ0v) is 14.2. The largest absolute Gasteiger partial charge is 0.370 e. The van der Waals surface area contributed by atoms with Crippen LogP contribution in [0.5, 0.6) is 0 Å². The van der Waals surface area contributed by atoms with Gasteiger partial charge in [-0.15, -0.1) is 0 Å². The van der Waals surface area contributed by atoms with Gasteiger partial charge in [-0.3, -0.25) is 9.89 Å². The Morgan fingerprint density at radius 2 is 1.68 bits per heavy atom. The third kappa shape index (κ3) is 3.95. The second-order valence-corrected chi connectivity index (χ2v) is 7.71. The molecule has 4 nitrogen and oxygen atoms in total. The van der Waals surface area contributed by atoms with Gasteiger partial charge in [0.05, 0.1) is 6.54 Å². The number of nitrogens with zero attached hydrogens (tertiary/aromatic N) is 2. The lowest BCUT2D eigenvalue weighted by molar-refractivity contribution is 0.0407. The van der Waals surface area contributed by atoms with E-state index >= 15 is 0 Å². The van der Waals surface area contributed by atoms with Gasteiger partial charge in [-0.05, 0) is 57.5 Å². The highest BCUT2D eigenvalue weighted by Gasteiger charge is 2.38. The summed E-state index contributed by atoms with van der Waals surface area (Å²) in [4.78, 5) is 7.52. The van der Waals surface area contributed by atoms with Crippen LogP contribution in [0.4, 0.5) is 0 Å². The number of likely N-dealkylation sites (tertiary alicyclic amines) is 1. The zero-order valence-electron chi connectivity index (χ0n) is 14.2. The maximum Gasteiger partial charge on any atom is 0.188 e. The van der Waals surface area contributed by atoms with E-state index in [4.69, 9.17) is 10.7 Å². The molecule has 3 aliphatic rings. The first kappa shape index (κ1) is 16.1. The van der Waals surface area contributed by atoms with Crippen LogP contribution in [0.3, 0.4) is 0 Å². The molecule has 1 saturated heterocycles. The number of nitrogens with two attached hydrogens (primary N) is 1. The molecular weight excluding hydrogens is 272 g/mol. The molecule has 0 amide bonds. The first-order valence-electron chi connectivity index (χ1n) is 9.57. The second-order valence-electron chi connectivity index (χ2n) is 7.71. The molecule has 1 aliphatic heterocycles. The van der Waals surface area contributed by atoms with Crippen LogP contribution in [-0.4, -0.2) is 42.6 Å². The van der Waals surface area contributed by atoms with E-state index in [2.05, 4.69) is 10.2 Å². The van der Waals surface area contributed by atoms with Crippen LogP contribution >= 0.6 is 0 Å². The summed E-state index contributed by atoms with van der Waals surface area (Å²) in [5, 5.41) is 3.35. The van der Waals surface area contributed by atoms with Gasteiger partial charge in [-0.25, -0.2) is 0 Å². The molecule has 126 valence electrons. The van der Waals surface area contributed by atoms with Crippen molar-refractivity contribution >= 4 is 5.96 Å². The normalized spacial score (nSPS) is 27.4. The lowest BCUT2D eigenvalue weighted by atomic mass is 9.79. The zero-order chi connectivity index (χ0) is 15.3. The van der Waals surface area contributed by atoms with Gasteiger partial charge in [-0.2, -0.15) is 0 Å². The summed E-state index contributed by atoms with van der Waals surface area (Å²) >= 11 is 0. The summed E-state index contributed by atoms with van der Waals surface area (Å²) in [5.41, 5.74) is 6.43. The Balaban J connectivity index is 1.56. The number of hydrogen-bond acceptors (Lipinski definition) is 2. The van der Waals surface area contributed by atoms with E-state index in [9.17, 15) is 0 Å². The highest BCUT2D eigenvalue weighted by atomic mass is 15.2. The van der Waals surface area contributed by atoms with Gasteiger partial charge in [-0.1, -0.05) is 32.1 Å². The van der Waals surface area contributed by atoms with Crippen molar-refractivity contribution in [3.05, 3.63) is 0 Å². The number of nitrogens with one attached hydrogen (secondary N) is 1. The van der Waals surface area contributed by atoms with Gasteiger partial charge in [0.1, 0.15) is 0 Å². The third-order valence-corrected chi connectivity index (χ3v) is 6.15. The fourth-order valence-electron chi connectivity index (χ4n) is 4.39. The van der Waals surface area contributed by atoms with Crippen molar-refractivity contribution in [3.63, 3.8) is 0 Å². The average Bonchev–Trinajstić information content (AvgIpc) is 2.53. The summed E-state index contributed by atoms with van der Waals surface area (Å²) < 4.78 is 0. The van der Waals surface area contributed by atoms with E-state index in [-0.39, 0.29) is 0 Å². The van der Waals surface area contributed by atoms with E-state index < -0.39 is 0 Å². The highest BCUT2D eigenvalue weighted by molar-refractivity contribution is 5.77. The van der Waals surface area contributed by atoms with Crippen LogP contribution in [0.1, 0.15) is 70.6 Å². The monoisotopic (exact) mass is 306 g/mol. The van der Waals surface area contributed by atoms with Crippen LogP contribution in [0.15, 0.2) is 4.99 Å². The van der Waals surface area contributed by atoms with Crippen LogP contribution in [0.2, 0.25) is 0 Å². The Kier molecular flexibility index (Phi) is 5.61. The smallest absolute Gasteiger partial charge is 0.188 e. The molecule has 0 bridgehead atoms.